The Bertz CT molecular complexity index is 1120. The number of hydrogen-bond acceptors (Lipinski definition) is 5. The maximum absolute atomic E-state index is 13.5. The van der Waals surface area contributed by atoms with Crippen LogP contribution in [0.2, 0.25) is 5.02 Å². The average Bonchev–Trinajstić information content (AvgIpc) is 3.24. The molecule has 1 fully saturated rings. The van der Waals surface area contributed by atoms with E-state index in [0.717, 1.165) is 50.4 Å². The lowest BCUT2D eigenvalue weighted by atomic mass is 10.1. The Kier molecular flexibility index (Phi) is 5.19. The molecule has 2 aromatic heterocycles. The zero-order valence-electron chi connectivity index (χ0n) is 16.5. The highest BCUT2D eigenvalue weighted by atomic mass is 35.5. The quantitative estimate of drug-likeness (QED) is 0.645. The molecular weight excluding hydrogens is 433 g/mol. The molecule has 6 nitrogen and oxygen atoms in total. The Morgan fingerprint density at radius 1 is 1.10 bits per heavy atom. The first-order valence-corrected chi connectivity index (χ1v) is 10.4. The monoisotopic (exact) mass is 452 g/mol. The number of nitrogens with zero attached hydrogens (tertiary/aromatic N) is 3. The summed E-state index contributed by atoms with van der Waals surface area (Å²) >= 11 is 6.25. The number of fused-ring (bicyclic) bond motifs is 2. The van der Waals surface area contributed by atoms with E-state index in [1.807, 2.05) is 6.07 Å². The minimum atomic E-state index is -4.51. The minimum absolute atomic E-state index is 0.0411. The third kappa shape index (κ3) is 3.93. The molecule has 0 saturated carbocycles. The van der Waals surface area contributed by atoms with Crippen LogP contribution in [0.25, 0.3) is 16.9 Å². The van der Waals surface area contributed by atoms with Gasteiger partial charge in [-0.3, -0.25) is 4.90 Å². The van der Waals surface area contributed by atoms with E-state index in [2.05, 4.69) is 15.2 Å². The van der Waals surface area contributed by atoms with Gasteiger partial charge in [0.1, 0.15) is 0 Å². The number of imidazole rings is 1. The summed E-state index contributed by atoms with van der Waals surface area (Å²) in [5.41, 5.74) is 1.46. The summed E-state index contributed by atoms with van der Waals surface area (Å²) in [6.07, 6.45) is -2.47. The fourth-order valence-corrected chi connectivity index (χ4v) is 4.25. The molecule has 1 N–H and O–H groups in total. The number of rotatable bonds is 3. The second-order valence-corrected chi connectivity index (χ2v) is 8.03. The first-order valence-electron chi connectivity index (χ1n) is 10.0. The molecule has 0 unspecified atom stereocenters. The maximum Gasteiger partial charge on any atom is 0.417 e. The molecule has 5 rings (SSSR count). The highest BCUT2D eigenvalue weighted by molar-refractivity contribution is 6.33. The Labute approximate surface area is 181 Å². The second kappa shape index (κ2) is 7.89. The smallest absolute Gasteiger partial charge is 0.417 e. The van der Waals surface area contributed by atoms with Gasteiger partial charge in [0.25, 0.3) is 0 Å². The zero-order valence-corrected chi connectivity index (χ0v) is 17.3. The van der Waals surface area contributed by atoms with Gasteiger partial charge >= 0.3 is 6.18 Å². The Hall–Kier alpha value is -2.49. The summed E-state index contributed by atoms with van der Waals surface area (Å²) in [5, 5.41) is 3.30. The van der Waals surface area contributed by atoms with Crippen molar-refractivity contribution in [3.63, 3.8) is 0 Å². The number of nitrogens with one attached hydrogen (secondary N) is 1. The molecule has 0 amide bonds. The molecule has 0 spiro atoms. The number of pyridine rings is 1. The van der Waals surface area contributed by atoms with Gasteiger partial charge < -0.3 is 19.2 Å². The molecule has 0 bridgehead atoms. The van der Waals surface area contributed by atoms with Crippen molar-refractivity contribution in [3.8, 4) is 22.8 Å². The molecule has 1 aromatic carbocycles. The van der Waals surface area contributed by atoms with Gasteiger partial charge in [0.05, 0.1) is 22.0 Å². The summed E-state index contributed by atoms with van der Waals surface area (Å²) in [5.74, 6) is 1.21. The molecule has 10 heteroatoms. The fraction of sp³-hybridized carbons (Fsp3) is 0.381. The number of alkyl halides is 3. The number of ether oxygens (including phenoxy) is 2. The van der Waals surface area contributed by atoms with Gasteiger partial charge in [-0.05, 0) is 43.8 Å². The Morgan fingerprint density at radius 3 is 2.77 bits per heavy atom. The molecule has 31 heavy (non-hydrogen) atoms. The zero-order chi connectivity index (χ0) is 21.6. The van der Waals surface area contributed by atoms with Crippen LogP contribution in [0.4, 0.5) is 13.2 Å². The van der Waals surface area contributed by atoms with Crippen molar-refractivity contribution in [2.45, 2.75) is 19.1 Å². The van der Waals surface area contributed by atoms with Gasteiger partial charge in [-0.1, -0.05) is 11.6 Å². The Balaban J connectivity index is 1.67. The molecule has 4 heterocycles. The maximum atomic E-state index is 13.5. The summed E-state index contributed by atoms with van der Waals surface area (Å²) < 4.78 is 52.8. The van der Waals surface area contributed by atoms with Crippen LogP contribution in [0.3, 0.4) is 0 Å². The van der Waals surface area contributed by atoms with E-state index in [-0.39, 0.29) is 11.8 Å². The molecule has 164 valence electrons. The van der Waals surface area contributed by atoms with Crippen molar-refractivity contribution in [1.29, 1.82) is 0 Å². The molecular formula is C21H20ClF3N4O2. The predicted molar refractivity (Wildman–Crippen MR) is 110 cm³/mol. The first kappa shape index (κ1) is 20.4. The van der Waals surface area contributed by atoms with Gasteiger partial charge in [-0.15, -0.1) is 0 Å². The van der Waals surface area contributed by atoms with E-state index in [9.17, 15) is 13.2 Å². The lowest BCUT2D eigenvalue weighted by Crippen LogP contribution is -2.28. The molecule has 3 aromatic rings. The highest BCUT2D eigenvalue weighted by Crippen LogP contribution is 2.39. The van der Waals surface area contributed by atoms with Gasteiger partial charge in [-0.2, -0.15) is 13.2 Å². The van der Waals surface area contributed by atoms with E-state index in [1.165, 1.54) is 4.40 Å². The summed E-state index contributed by atoms with van der Waals surface area (Å²) in [6, 6.07) is 6.34. The average molecular weight is 453 g/mol. The number of aromatic nitrogens is 2. The summed E-state index contributed by atoms with van der Waals surface area (Å²) in [6.45, 7) is 3.96. The molecule has 2 aliphatic heterocycles. The van der Waals surface area contributed by atoms with Crippen LogP contribution < -0.4 is 14.8 Å². The largest absolute Gasteiger partial charge is 0.454 e. The lowest BCUT2D eigenvalue weighted by molar-refractivity contribution is -0.137. The van der Waals surface area contributed by atoms with Crippen LogP contribution in [0.5, 0.6) is 11.5 Å². The van der Waals surface area contributed by atoms with E-state index in [1.54, 1.807) is 12.1 Å². The second-order valence-electron chi connectivity index (χ2n) is 7.62. The van der Waals surface area contributed by atoms with Gasteiger partial charge in [-0.25, -0.2) is 4.98 Å². The fourth-order valence-electron chi connectivity index (χ4n) is 4.00. The molecule has 0 radical (unpaired) electrons. The minimum Gasteiger partial charge on any atom is -0.454 e. The van der Waals surface area contributed by atoms with Crippen molar-refractivity contribution in [3.05, 3.63) is 46.7 Å². The van der Waals surface area contributed by atoms with Crippen LogP contribution in [-0.2, 0) is 12.7 Å². The SMILES string of the molecule is FC(F)(F)c1cc(Cl)c2nc(-c3ccc4c(c3)OCO4)c(CN3CCCNCC3)n2c1. The van der Waals surface area contributed by atoms with Crippen molar-refractivity contribution in [2.75, 3.05) is 33.0 Å². The van der Waals surface area contributed by atoms with Crippen LogP contribution >= 0.6 is 11.6 Å². The van der Waals surface area contributed by atoms with Crippen molar-refractivity contribution < 1.29 is 22.6 Å². The molecule has 1 saturated heterocycles. The van der Waals surface area contributed by atoms with Crippen molar-refractivity contribution >= 4 is 17.2 Å². The Morgan fingerprint density at radius 2 is 1.94 bits per heavy atom. The topological polar surface area (TPSA) is 51.0 Å². The van der Waals surface area contributed by atoms with E-state index in [0.29, 0.717) is 35.1 Å². The molecule has 2 aliphatic rings. The third-order valence-electron chi connectivity index (χ3n) is 5.55. The van der Waals surface area contributed by atoms with E-state index < -0.39 is 11.7 Å². The van der Waals surface area contributed by atoms with Gasteiger partial charge in [0.2, 0.25) is 6.79 Å². The predicted octanol–water partition coefficient (Wildman–Crippen LogP) is 4.20. The van der Waals surface area contributed by atoms with Crippen LogP contribution in [0, 0.1) is 0 Å². The highest BCUT2D eigenvalue weighted by Gasteiger charge is 2.33. The molecule has 0 aliphatic carbocycles. The number of hydrogen-bond donors (Lipinski definition) is 1. The van der Waals surface area contributed by atoms with Crippen molar-refractivity contribution in [1.82, 2.24) is 19.6 Å². The van der Waals surface area contributed by atoms with Gasteiger partial charge in [0.15, 0.2) is 17.1 Å². The van der Waals surface area contributed by atoms with E-state index >= 15 is 0 Å². The van der Waals surface area contributed by atoms with Crippen molar-refractivity contribution in [2.24, 2.45) is 0 Å². The molecule has 0 atom stereocenters. The van der Waals surface area contributed by atoms with Gasteiger partial charge in [0, 0.05) is 31.4 Å². The van der Waals surface area contributed by atoms with E-state index in [4.69, 9.17) is 21.1 Å². The third-order valence-corrected chi connectivity index (χ3v) is 5.83. The normalized spacial score (nSPS) is 17.3. The lowest BCUT2D eigenvalue weighted by Gasteiger charge is -2.20. The summed E-state index contributed by atoms with van der Waals surface area (Å²) in [7, 11) is 0. The van der Waals surface area contributed by atoms with Crippen LogP contribution in [0.15, 0.2) is 30.5 Å². The number of benzene rings is 1. The standard InChI is InChI=1S/C21H20ClF3N4O2/c22-15-9-14(21(23,24)25)10-29-16(11-28-6-1-4-26-5-7-28)19(27-20(15)29)13-2-3-17-18(8-13)31-12-30-17/h2-3,8-10,26H,1,4-7,11-12H2. The van der Waals surface area contributed by atoms with Crippen LogP contribution in [-0.4, -0.2) is 47.3 Å². The van der Waals surface area contributed by atoms with Crippen LogP contribution in [0.1, 0.15) is 17.7 Å². The summed E-state index contributed by atoms with van der Waals surface area (Å²) in [4.78, 5) is 6.86. The first-order chi connectivity index (χ1) is 14.9. The number of halogens is 4.